The summed E-state index contributed by atoms with van der Waals surface area (Å²) in [6, 6.07) is 15.0. The molecule has 1 aromatic carbocycles. The first-order chi connectivity index (χ1) is 18.5. The summed E-state index contributed by atoms with van der Waals surface area (Å²) in [5.41, 5.74) is 3.40. The summed E-state index contributed by atoms with van der Waals surface area (Å²) < 4.78 is 1.75. The van der Waals surface area contributed by atoms with Crippen molar-refractivity contribution in [3.63, 3.8) is 0 Å². The lowest BCUT2D eigenvalue weighted by Crippen LogP contribution is -2.56. The zero-order chi connectivity index (χ0) is 26.5. The number of aryl methyl sites for hydroxylation is 2. The quantitative estimate of drug-likeness (QED) is 0.407. The Morgan fingerprint density at radius 2 is 1.87 bits per heavy atom. The van der Waals surface area contributed by atoms with Crippen molar-refractivity contribution < 1.29 is 9.59 Å². The second-order valence-electron chi connectivity index (χ2n) is 9.42. The van der Waals surface area contributed by atoms with Crippen LogP contribution in [0.5, 0.6) is 0 Å². The lowest BCUT2D eigenvalue weighted by molar-refractivity contribution is -0.121. The van der Waals surface area contributed by atoms with Crippen LogP contribution in [0.1, 0.15) is 33.7 Å². The number of amides is 2. The van der Waals surface area contributed by atoms with Gasteiger partial charge in [0.2, 0.25) is 11.9 Å². The van der Waals surface area contributed by atoms with Crippen LogP contribution in [0.25, 0.3) is 5.95 Å². The largest absolute Gasteiger partial charge is 0.352 e. The topological polar surface area (TPSA) is 109 Å². The van der Waals surface area contributed by atoms with E-state index in [0.717, 1.165) is 11.3 Å². The van der Waals surface area contributed by atoms with E-state index in [2.05, 4.69) is 25.2 Å². The number of aromatic nitrogens is 5. The average molecular weight is 511 g/mol. The highest BCUT2D eigenvalue weighted by Gasteiger charge is 2.33. The predicted molar refractivity (Wildman–Crippen MR) is 143 cm³/mol. The van der Waals surface area contributed by atoms with Crippen molar-refractivity contribution in [2.75, 3.05) is 24.5 Å². The molecule has 194 valence electrons. The Hall–Kier alpha value is -4.60. The number of rotatable bonds is 7. The van der Waals surface area contributed by atoms with Gasteiger partial charge in [0, 0.05) is 63.0 Å². The van der Waals surface area contributed by atoms with E-state index >= 15 is 0 Å². The molecule has 0 saturated carbocycles. The predicted octanol–water partition coefficient (Wildman–Crippen LogP) is 2.71. The van der Waals surface area contributed by atoms with E-state index < -0.39 is 0 Å². The van der Waals surface area contributed by atoms with Gasteiger partial charge >= 0.3 is 0 Å². The van der Waals surface area contributed by atoms with Crippen LogP contribution in [0.2, 0.25) is 0 Å². The zero-order valence-electron chi connectivity index (χ0n) is 21.5. The summed E-state index contributed by atoms with van der Waals surface area (Å²) in [7, 11) is 0. The Labute approximate surface area is 221 Å². The molecule has 1 unspecified atom stereocenters. The van der Waals surface area contributed by atoms with E-state index in [9.17, 15) is 9.59 Å². The van der Waals surface area contributed by atoms with Gasteiger partial charge in [-0.25, -0.2) is 9.97 Å². The van der Waals surface area contributed by atoms with E-state index in [0.29, 0.717) is 43.6 Å². The van der Waals surface area contributed by atoms with Crippen LogP contribution in [0, 0.1) is 13.8 Å². The number of nitrogens with one attached hydrogen (secondary N) is 1. The van der Waals surface area contributed by atoms with Gasteiger partial charge in [-0.2, -0.15) is 4.98 Å². The lowest BCUT2D eigenvalue weighted by Gasteiger charge is -2.42. The monoisotopic (exact) mass is 510 g/mol. The van der Waals surface area contributed by atoms with Crippen LogP contribution in [0.4, 0.5) is 5.82 Å². The standard InChI is InChI=1S/C28H30N8O2/c1-20-6-8-22(9-7-20)17-31-26(37)16-23-18-34(27(38)24-5-3-4-10-30-24)13-14-36(23)25-15-21(2)32-28(33-25)35-12-11-29-19-35/h3-12,15,19,23H,13-14,16-18H2,1-2H3,(H,31,37). The Morgan fingerprint density at radius 3 is 2.61 bits per heavy atom. The number of carbonyl (C=O) groups is 2. The van der Waals surface area contributed by atoms with Crippen molar-refractivity contribution >= 4 is 17.6 Å². The number of carbonyl (C=O) groups excluding carboxylic acids is 2. The molecule has 1 aliphatic heterocycles. The molecule has 4 heterocycles. The van der Waals surface area contributed by atoms with Gasteiger partial charge in [0.25, 0.3) is 5.91 Å². The summed E-state index contributed by atoms with van der Waals surface area (Å²) >= 11 is 0. The van der Waals surface area contributed by atoms with Gasteiger partial charge < -0.3 is 15.1 Å². The molecule has 1 saturated heterocycles. The number of imidazole rings is 1. The smallest absolute Gasteiger partial charge is 0.272 e. The fourth-order valence-corrected chi connectivity index (χ4v) is 4.54. The van der Waals surface area contributed by atoms with Gasteiger partial charge in [0.05, 0.1) is 6.04 Å². The Morgan fingerprint density at radius 1 is 1.03 bits per heavy atom. The van der Waals surface area contributed by atoms with Gasteiger partial charge in [-0.15, -0.1) is 0 Å². The molecule has 0 aliphatic carbocycles. The summed E-state index contributed by atoms with van der Waals surface area (Å²) in [4.78, 5) is 47.8. The maximum absolute atomic E-state index is 13.2. The lowest BCUT2D eigenvalue weighted by atomic mass is 10.1. The number of hydrogen-bond acceptors (Lipinski definition) is 7. The molecule has 38 heavy (non-hydrogen) atoms. The molecule has 2 amide bonds. The van der Waals surface area contributed by atoms with Crippen molar-refractivity contribution in [1.82, 2.24) is 34.7 Å². The maximum Gasteiger partial charge on any atom is 0.272 e. The summed E-state index contributed by atoms with van der Waals surface area (Å²) in [6.07, 6.45) is 6.94. The number of hydrogen-bond donors (Lipinski definition) is 1. The Kier molecular flexibility index (Phi) is 7.39. The number of nitrogens with zero attached hydrogens (tertiary/aromatic N) is 7. The molecule has 0 spiro atoms. The van der Waals surface area contributed by atoms with E-state index in [1.54, 1.807) is 52.6 Å². The van der Waals surface area contributed by atoms with Gasteiger partial charge in [0.15, 0.2) is 0 Å². The highest BCUT2D eigenvalue weighted by molar-refractivity contribution is 5.92. The third kappa shape index (κ3) is 5.86. The minimum absolute atomic E-state index is 0.0895. The maximum atomic E-state index is 13.2. The molecule has 0 bridgehead atoms. The van der Waals surface area contributed by atoms with Crippen molar-refractivity contribution in [3.8, 4) is 5.95 Å². The van der Waals surface area contributed by atoms with Crippen molar-refractivity contribution in [3.05, 3.63) is 96.0 Å². The fraction of sp³-hybridized carbons (Fsp3) is 0.286. The highest BCUT2D eigenvalue weighted by Crippen LogP contribution is 2.23. The molecule has 0 radical (unpaired) electrons. The summed E-state index contributed by atoms with van der Waals surface area (Å²) in [6.45, 7) is 5.77. The minimum atomic E-state index is -0.278. The first-order valence-corrected chi connectivity index (χ1v) is 12.6. The molecule has 1 fully saturated rings. The minimum Gasteiger partial charge on any atom is -0.352 e. The van der Waals surface area contributed by atoms with Gasteiger partial charge in [0.1, 0.15) is 17.8 Å². The Bertz CT molecular complexity index is 1390. The van der Waals surface area contributed by atoms with Crippen molar-refractivity contribution in [2.24, 2.45) is 0 Å². The van der Waals surface area contributed by atoms with Crippen LogP contribution in [-0.4, -0.2) is 66.9 Å². The molecule has 1 atom stereocenters. The molecule has 10 heteroatoms. The van der Waals surface area contributed by atoms with E-state index in [-0.39, 0.29) is 24.3 Å². The van der Waals surface area contributed by atoms with E-state index in [1.165, 1.54) is 5.56 Å². The second-order valence-corrected chi connectivity index (χ2v) is 9.42. The average Bonchev–Trinajstić information content (AvgIpc) is 3.48. The molecular weight excluding hydrogens is 480 g/mol. The number of pyridine rings is 1. The Balaban J connectivity index is 1.37. The summed E-state index contributed by atoms with van der Waals surface area (Å²) in [5, 5.41) is 3.03. The third-order valence-electron chi connectivity index (χ3n) is 6.54. The normalized spacial score (nSPS) is 15.4. The van der Waals surface area contributed by atoms with Crippen LogP contribution >= 0.6 is 0 Å². The molecule has 4 aromatic rings. The SMILES string of the molecule is Cc1ccc(CNC(=O)CC2CN(C(=O)c3ccccn3)CCN2c2cc(C)nc(-n3ccnc3)n2)cc1. The second kappa shape index (κ2) is 11.2. The third-order valence-corrected chi connectivity index (χ3v) is 6.54. The van der Waals surface area contributed by atoms with Gasteiger partial charge in [-0.3, -0.25) is 19.1 Å². The molecular formula is C28H30N8O2. The molecule has 1 N–H and O–H groups in total. The number of benzene rings is 1. The molecule has 5 rings (SSSR count). The zero-order valence-corrected chi connectivity index (χ0v) is 21.5. The molecule has 10 nitrogen and oxygen atoms in total. The van der Waals surface area contributed by atoms with Crippen LogP contribution < -0.4 is 10.2 Å². The first-order valence-electron chi connectivity index (χ1n) is 12.6. The van der Waals surface area contributed by atoms with Crippen molar-refractivity contribution in [2.45, 2.75) is 32.9 Å². The van der Waals surface area contributed by atoms with Crippen molar-refractivity contribution in [1.29, 1.82) is 0 Å². The summed E-state index contributed by atoms with van der Waals surface area (Å²) in [5.74, 6) is 0.983. The van der Waals surface area contributed by atoms with Crippen LogP contribution in [0.15, 0.2) is 73.4 Å². The number of piperazine rings is 1. The van der Waals surface area contributed by atoms with Crippen LogP contribution in [-0.2, 0) is 11.3 Å². The van der Waals surface area contributed by atoms with E-state index in [4.69, 9.17) is 4.98 Å². The van der Waals surface area contributed by atoms with Gasteiger partial charge in [-0.05, 0) is 31.5 Å². The first kappa shape index (κ1) is 25.1. The number of anilines is 1. The molecule has 1 aliphatic rings. The van der Waals surface area contributed by atoms with Crippen LogP contribution in [0.3, 0.4) is 0 Å². The highest BCUT2D eigenvalue weighted by atomic mass is 16.2. The van der Waals surface area contributed by atoms with E-state index in [1.807, 2.05) is 44.2 Å². The fourth-order valence-electron chi connectivity index (χ4n) is 4.54. The molecule has 3 aromatic heterocycles. The van der Waals surface area contributed by atoms with Gasteiger partial charge in [-0.1, -0.05) is 35.9 Å².